The second-order valence-corrected chi connectivity index (χ2v) is 10.7. The standard InChI is InChI=1S/C32H39FN2O7/c1-3-4-5-6-7-12-27(38)35(18-21-10-8-9-11-24(21)33)25-17-23(32(40)34-13-14-36)28-22-15-20(19-37)16-26(41-2)30(22)42-31(28)29(25)39/h8-11,15-17,19,25,28-29,31,36,39H,3-7,12-14,18H2,1-2H3,(H,34,40)/t25-,28+,29+,31+/m1/s1. The molecule has 2 aromatic carbocycles. The molecule has 42 heavy (non-hydrogen) atoms. The van der Waals surface area contributed by atoms with Crippen molar-refractivity contribution < 1.29 is 38.5 Å². The first-order valence-corrected chi connectivity index (χ1v) is 14.5. The molecule has 0 radical (unpaired) electrons. The molecular weight excluding hydrogens is 543 g/mol. The molecule has 2 aliphatic rings. The molecule has 0 spiro atoms. The van der Waals surface area contributed by atoms with Gasteiger partial charge in [-0.2, -0.15) is 0 Å². The van der Waals surface area contributed by atoms with Gasteiger partial charge in [-0.25, -0.2) is 4.39 Å². The highest BCUT2D eigenvalue weighted by atomic mass is 19.1. The fraction of sp³-hybridized carbons (Fsp3) is 0.469. The van der Waals surface area contributed by atoms with Crippen LogP contribution in [0.5, 0.6) is 11.5 Å². The molecule has 1 heterocycles. The number of carbonyl (C=O) groups is 3. The van der Waals surface area contributed by atoms with Crippen LogP contribution in [0.25, 0.3) is 0 Å². The summed E-state index contributed by atoms with van der Waals surface area (Å²) in [7, 11) is 1.43. The number of aliphatic hydroxyl groups excluding tert-OH is 2. The summed E-state index contributed by atoms with van der Waals surface area (Å²) in [5.74, 6) is -1.49. The van der Waals surface area contributed by atoms with Gasteiger partial charge in [0, 0.05) is 41.8 Å². The number of carbonyl (C=O) groups excluding carboxylic acids is 3. The number of aldehydes is 1. The summed E-state index contributed by atoms with van der Waals surface area (Å²) in [4.78, 5) is 40.3. The number of hydrogen-bond acceptors (Lipinski definition) is 7. The topological polar surface area (TPSA) is 125 Å². The highest BCUT2D eigenvalue weighted by Gasteiger charge is 2.51. The highest BCUT2D eigenvalue weighted by molar-refractivity contribution is 5.96. The molecule has 0 saturated carbocycles. The van der Waals surface area contributed by atoms with Crippen LogP contribution in [0.1, 0.15) is 72.9 Å². The fourth-order valence-electron chi connectivity index (χ4n) is 5.75. The molecule has 0 unspecified atom stereocenters. The summed E-state index contributed by atoms with van der Waals surface area (Å²) >= 11 is 0. The molecule has 9 nitrogen and oxygen atoms in total. The van der Waals surface area contributed by atoms with Crippen LogP contribution in [0.4, 0.5) is 4.39 Å². The first-order valence-electron chi connectivity index (χ1n) is 14.5. The van der Waals surface area contributed by atoms with E-state index in [0.717, 1.165) is 25.7 Å². The second kappa shape index (κ2) is 14.4. The predicted octanol–water partition coefficient (Wildman–Crippen LogP) is 3.66. The van der Waals surface area contributed by atoms with E-state index in [4.69, 9.17) is 9.47 Å². The van der Waals surface area contributed by atoms with Crippen molar-refractivity contribution in [2.24, 2.45) is 0 Å². The molecule has 0 saturated heterocycles. The van der Waals surface area contributed by atoms with Crippen LogP contribution >= 0.6 is 0 Å². The monoisotopic (exact) mass is 582 g/mol. The van der Waals surface area contributed by atoms with Crippen LogP contribution in [0.15, 0.2) is 48.0 Å². The molecule has 2 amide bonds. The molecule has 226 valence electrons. The molecule has 0 aromatic heterocycles. The van der Waals surface area contributed by atoms with Gasteiger partial charge >= 0.3 is 0 Å². The van der Waals surface area contributed by atoms with Crippen LogP contribution in [0.2, 0.25) is 0 Å². The van der Waals surface area contributed by atoms with Crippen LogP contribution in [-0.2, 0) is 16.1 Å². The Bertz CT molecular complexity index is 1310. The number of methoxy groups -OCH3 is 1. The van der Waals surface area contributed by atoms with E-state index in [-0.39, 0.29) is 48.9 Å². The van der Waals surface area contributed by atoms with E-state index in [9.17, 15) is 29.0 Å². The lowest BCUT2D eigenvalue weighted by molar-refractivity contribution is -0.138. The zero-order valence-corrected chi connectivity index (χ0v) is 24.1. The number of aliphatic hydroxyl groups is 2. The molecule has 0 bridgehead atoms. The summed E-state index contributed by atoms with van der Waals surface area (Å²) in [6.07, 6.45) is 4.74. The third-order valence-electron chi connectivity index (χ3n) is 7.88. The number of hydrogen-bond donors (Lipinski definition) is 3. The molecule has 4 atom stereocenters. The van der Waals surface area contributed by atoms with Gasteiger partial charge < -0.3 is 29.9 Å². The van der Waals surface area contributed by atoms with Crippen molar-refractivity contribution in [2.75, 3.05) is 20.3 Å². The minimum atomic E-state index is -1.29. The van der Waals surface area contributed by atoms with Crippen LogP contribution in [0.3, 0.4) is 0 Å². The molecule has 1 aliphatic heterocycles. The van der Waals surface area contributed by atoms with E-state index in [0.29, 0.717) is 29.6 Å². The summed E-state index contributed by atoms with van der Waals surface area (Å²) in [5, 5.41) is 23.7. The van der Waals surface area contributed by atoms with Crippen molar-refractivity contribution >= 4 is 18.1 Å². The number of nitrogens with zero attached hydrogens (tertiary/aromatic N) is 1. The zero-order valence-electron chi connectivity index (χ0n) is 24.1. The van der Waals surface area contributed by atoms with Crippen molar-refractivity contribution in [3.8, 4) is 11.5 Å². The average Bonchev–Trinajstić information content (AvgIpc) is 3.39. The van der Waals surface area contributed by atoms with Gasteiger partial charge in [0.1, 0.15) is 24.3 Å². The molecule has 10 heteroatoms. The van der Waals surface area contributed by atoms with E-state index >= 15 is 0 Å². The minimum absolute atomic E-state index is 0.0121. The number of halogens is 1. The van der Waals surface area contributed by atoms with Gasteiger partial charge in [0.05, 0.1) is 25.7 Å². The van der Waals surface area contributed by atoms with Crippen molar-refractivity contribution in [3.05, 3.63) is 70.6 Å². The second-order valence-electron chi connectivity index (χ2n) is 10.7. The van der Waals surface area contributed by atoms with Gasteiger partial charge in [-0.3, -0.25) is 14.4 Å². The maximum Gasteiger partial charge on any atom is 0.247 e. The van der Waals surface area contributed by atoms with Gasteiger partial charge in [0.15, 0.2) is 11.5 Å². The number of fused-ring (bicyclic) bond motifs is 3. The number of benzene rings is 2. The van der Waals surface area contributed by atoms with E-state index < -0.39 is 35.9 Å². The number of ether oxygens (including phenoxy) is 2. The molecule has 2 aromatic rings. The fourth-order valence-corrected chi connectivity index (χ4v) is 5.75. The highest BCUT2D eigenvalue weighted by Crippen LogP contribution is 2.51. The normalized spacial score (nSPS) is 20.5. The maximum atomic E-state index is 14.8. The third-order valence-corrected chi connectivity index (χ3v) is 7.88. The van der Waals surface area contributed by atoms with Crippen LogP contribution in [-0.4, -0.2) is 71.7 Å². The van der Waals surface area contributed by atoms with Gasteiger partial charge in [-0.05, 0) is 30.7 Å². The summed E-state index contributed by atoms with van der Waals surface area (Å²) in [6.45, 7) is 1.69. The average molecular weight is 583 g/mol. The first-order chi connectivity index (χ1) is 20.3. The SMILES string of the molecule is CCCCCCCC(=O)N(Cc1ccccc1F)[C@@H]1C=C(C(=O)NCCO)[C@@H]2c3cc(C=O)cc(OC)c3O[C@@H]2[C@H]1O. The van der Waals surface area contributed by atoms with Crippen LogP contribution in [0, 0.1) is 5.82 Å². The lowest BCUT2D eigenvalue weighted by Crippen LogP contribution is -2.55. The number of rotatable bonds is 14. The van der Waals surface area contributed by atoms with Crippen molar-refractivity contribution in [3.63, 3.8) is 0 Å². The Balaban J connectivity index is 1.76. The Morgan fingerprint density at radius 1 is 1.17 bits per heavy atom. The lowest BCUT2D eigenvalue weighted by Gasteiger charge is -2.41. The molecule has 3 N–H and O–H groups in total. The molecule has 1 aliphatic carbocycles. The Labute approximate surface area is 245 Å². The number of nitrogens with one attached hydrogen (secondary N) is 1. The zero-order chi connectivity index (χ0) is 30.2. The van der Waals surface area contributed by atoms with Crippen molar-refractivity contribution in [2.45, 2.75) is 76.2 Å². The smallest absolute Gasteiger partial charge is 0.247 e. The van der Waals surface area contributed by atoms with Gasteiger partial charge in [-0.1, -0.05) is 50.8 Å². The molecule has 4 rings (SSSR count). The van der Waals surface area contributed by atoms with E-state index in [1.54, 1.807) is 24.3 Å². The van der Waals surface area contributed by atoms with Gasteiger partial charge in [-0.15, -0.1) is 0 Å². The Morgan fingerprint density at radius 2 is 1.93 bits per heavy atom. The molecular formula is C32H39FN2O7. The van der Waals surface area contributed by atoms with Crippen LogP contribution < -0.4 is 14.8 Å². The Kier molecular flexibility index (Phi) is 10.7. The van der Waals surface area contributed by atoms with Crippen molar-refractivity contribution in [1.29, 1.82) is 0 Å². The summed E-state index contributed by atoms with van der Waals surface area (Å²) in [6, 6.07) is 8.22. The van der Waals surface area contributed by atoms with E-state index in [1.807, 2.05) is 0 Å². The van der Waals surface area contributed by atoms with E-state index in [2.05, 4.69) is 12.2 Å². The van der Waals surface area contributed by atoms with Crippen molar-refractivity contribution in [1.82, 2.24) is 10.2 Å². The largest absolute Gasteiger partial charge is 0.493 e. The van der Waals surface area contributed by atoms with Gasteiger partial charge in [0.2, 0.25) is 11.8 Å². The third kappa shape index (κ3) is 6.65. The predicted molar refractivity (Wildman–Crippen MR) is 154 cm³/mol. The minimum Gasteiger partial charge on any atom is -0.493 e. The quantitative estimate of drug-likeness (QED) is 0.229. The lowest BCUT2D eigenvalue weighted by atomic mass is 9.77. The Hall–Kier alpha value is -3.76. The molecule has 0 fully saturated rings. The maximum absolute atomic E-state index is 14.8. The summed E-state index contributed by atoms with van der Waals surface area (Å²) in [5.41, 5.74) is 1.29. The van der Waals surface area contributed by atoms with Gasteiger partial charge in [0.25, 0.3) is 0 Å². The number of amides is 2. The Morgan fingerprint density at radius 3 is 2.62 bits per heavy atom. The van der Waals surface area contributed by atoms with E-state index in [1.165, 1.54) is 30.2 Å². The summed E-state index contributed by atoms with van der Waals surface area (Å²) < 4.78 is 26.5. The number of unbranched alkanes of at least 4 members (excludes halogenated alkanes) is 4. The first kappa shape index (κ1) is 31.2.